The number of nitrogens with zero attached hydrogens (tertiary/aromatic N) is 6. The molecule has 5 amide bonds. The average molecular weight is 895 g/mol. The smallest absolute Gasteiger partial charge is 0.262 e. The number of fused-ring (bicyclic) bond motifs is 1. The van der Waals surface area contributed by atoms with Gasteiger partial charge in [-0.05, 0) is 62.4 Å². The van der Waals surface area contributed by atoms with Crippen LogP contribution >= 0.6 is 18.7 Å². The SMILES string of the molecule is COc1cc(N2CCC(N3CCN(C(=O)CCNc4ccc5c(c4)C(=O)N(C4CCC(=O)NC4=O)C5=O)CC3)CC2)ccc1Cc1ncc(Cl)c(Cc2ccccc2P(C)(C)=O)n1. The number of nitrogens with one attached hydrogen (secondary N) is 2. The van der Waals surface area contributed by atoms with Crippen molar-refractivity contribution in [3.05, 3.63) is 106 Å². The third-order valence-electron chi connectivity index (χ3n) is 12.5. The summed E-state index contributed by atoms with van der Waals surface area (Å²) in [5.74, 6) is -0.736. The lowest BCUT2D eigenvalue weighted by Gasteiger charge is -2.43. The Morgan fingerprint density at radius 3 is 2.37 bits per heavy atom. The zero-order valence-electron chi connectivity index (χ0n) is 35.8. The fraction of sp³-hybridized carbons (Fsp3) is 0.413. The highest BCUT2D eigenvalue weighted by Gasteiger charge is 2.44. The molecule has 1 aromatic heterocycles. The first-order chi connectivity index (χ1) is 30.3. The number of anilines is 2. The van der Waals surface area contributed by atoms with Crippen LogP contribution in [0, 0.1) is 0 Å². The largest absolute Gasteiger partial charge is 0.496 e. The van der Waals surface area contributed by atoms with Crippen molar-refractivity contribution in [1.29, 1.82) is 0 Å². The Hall–Kier alpha value is -5.63. The molecule has 63 heavy (non-hydrogen) atoms. The van der Waals surface area contributed by atoms with E-state index in [0.29, 0.717) is 60.7 Å². The number of hydrogen-bond acceptors (Lipinski definition) is 12. The van der Waals surface area contributed by atoms with E-state index in [4.69, 9.17) is 21.3 Å². The van der Waals surface area contributed by atoms with E-state index in [0.717, 1.165) is 71.8 Å². The zero-order chi connectivity index (χ0) is 44.4. The number of carbonyl (C=O) groups is 5. The minimum Gasteiger partial charge on any atom is -0.496 e. The van der Waals surface area contributed by atoms with E-state index >= 15 is 0 Å². The van der Waals surface area contributed by atoms with Crippen molar-refractivity contribution in [1.82, 2.24) is 30.0 Å². The number of halogens is 1. The molecule has 2 N–H and O–H groups in total. The topological polar surface area (TPSA) is 174 Å². The number of piperidine rings is 2. The van der Waals surface area contributed by atoms with Gasteiger partial charge in [0.25, 0.3) is 11.8 Å². The quantitative estimate of drug-likeness (QED) is 0.142. The van der Waals surface area contributed by atoms with Gasteiger partial charge in [-0.2, -0.15) is 0 Å². The number of piperazine rings is 1. The Balaban J connectivity index is 0.788. The normalized spacial score (nSPS) is 18.7. The molecule has 3 fully saturated rings. The molecule has 17 heteroatoms. The first-order valence-electron chi connectivity index (χ1n) is 21.4. The van der Waals surface area contributed by atoms with Gasteiger partial charge in [-0.3, -0.25) is 39.1 Å². The van der Waals surface area contributed by atoms with Gasteiger partial charge in [-0.1, -0.05) is 41.9 Å². The van der Waals surface area contributed by atoms with Crippen LogP contribution in [0.4, 0.5) is 11.4 Å². The van der Waals surface area contributed by atoms with E-state index in [1.165, 1.54) is 0 Å². The van der Waals surface area contributed by atoms with Crippen LogP contribution in [0.3, 0.4) is 0 Å². The molecule has 3 aromatic carbocycles. The summed E-state index contributed by atoms with van der Waals surface area (Å²) < 4.78 is 18.8. The van der Waals surface area contributed by atoms with Crippen LogP contribution in [0.5, 0.6) is 5.75 Å². The van der Waals surface area contributed by atoms with Crippen LogP contribution in [0.1, 0.15) is 75.5 Å². The Morgan fingerprint density at radius 1 is 0.889 bits per heavy atom. The van der Waals surface area contributed by atoms with Gasteiger partial charge in [-0.15, -0.1) is 0 Å². The van der Waals surface area contributed by atoms with Crippen molar-refractivity contribution in [2.24, 2.45) is 0 Å². The lowest BCUT2D eigenvalue weighted by atomic mass is 10.0. The third kappa shape index (κ3) is 9.66. The molecule has 0 aliphatic carbocycles. The van der Waals surface area contributed by atoms with E-state index < -0.39 is 36.8 Å². The van der Waals surface area contributed by atoms with Crippen molar-refractivity contribution >= 4 is 65.0 Å². The van der Waals surface area contributed by atoms with Gasteiger partial charge < -0.3 is 24.4 Å². The minimum atomic E-state index is -2.49. The van der Waals surface area contributed by atoms with Crippen molar-refractivity contribution in [3.63, 3.8) is 0 Å². The number of benzene rings is 3. The second-order valence-electron chi connectivity index (χ2n) is 16.9. The number of carbonyl (C=O) groups excluding carboxylic acids is 5. The average Bonchev–Trinajstić information content (AvgIpc) is 3.52. The third-order valence-corrected chi connectivity index (χ3v) is 14.4. The van der Waals surface area contributed by atoms with Crippen LogP contribution in [0.2, 0.25) is 5.02 Å². The molecule has 0 radical (unpaired) electrons. The molecule has 3 saturated heterocycles. The lowest BCUT2D eigenvalue weighted by Crippen LogP contribution is -2.54. The van der Waals surface area contributed by atoms with Crippen molar-refractivity contribution < 1.29 is 33.3 Å². The highest BCUT2D eigenvalue weighted by molar-refractivity contribution is 7.70. The Bertz CT molecular complexity index is 2500. The second-order valence-corrected chi connectivity index (χ2v) is 20.5. The van der Waals surface area contributed by atoms with E-state index in [1.54, 1.807) is 44.8 Å². The molecular weight excluding hydrogens is 843 g/mol. The summed E-state index contributed by atoms with van der Waals surface area (Å²) in [6, 6.07) is 18.3. The number of ether oxygens (including phenoxy) is 1. The molecule has 8 rings (SSSR count). The predicted molar refractivity (Wildman–Crippen MR) is 241 cm³/mol. The van der Waals surface area contributed by atoms with Crippen molar-refractivity contribution in [2.45, 2.75) is 57.0 Å². The Kier molecular flexibility index (Phi) is 13.0. The number of methoxy groups -OCH3 is 1. The first-order valence-corrected chi connectivity index (χ1v) is 24.4. The summed E-state index contributed by atoms with van der Waals surface area (Å²) in [4.78, 5) is 80.5. The molecule has 0 saturated carbocycles. The number of rotatable bonds is 13. The molecular formula is C46H52ClN8O7P. The molecule has 4 aliphatic heterocycles. The van der Waals surface area contributed by atoms with Gasteiger partial charge in [-0.25, -0.2) is 9.97 Å². The van der Waals surface area contributed by atoms with Crippen molar-refractivity contribution in [3.8, 4) is 5.75 Å². The summed E-state index contributed by atoms with van der Waals surface area (Å²) >= 11 is 6.56. The zero-order valence-corrected chi connectivity index (χ0v) is 37.4. The minimum absolute atomic E-state index is 0.0562. The maximum absolute atomic E-state index is 13.2. The van der Waals surface area contributed by atoms with Gasteiger partial charge in [0.2, 0.25) is 17.7 Å². The van der Waals surface area contributed by atoms with Crippen molar-refractivity contribution in [2.75, 3.05) is 76.5 Å². The van der Waals surface area contributed by atoms with Gasteiger partial charge in [0, 0.05) is 112 Å². The van der Waals surface area contributed by atoms with Gasteiger partial charge >= 0.3 is 0 Å². The molecule has 4 aromatic rings. The lowest BCUT2D eigenvalue weighted by molar-refractivity contribution is -0.136. The van der Waals surface area contributed by atoms with E-state index in [2.05, 4.69) is 43.6 Å². The summed E-state index contributed by atoms with van der Waals surface area (Å²) in [5.41, 5.74) is 4.71. The number of hydrogen-bond donors (Lipinski definition) is 2. The summed E-state index contributed by atoms with van der Waals surface area (Å²) in [6.45, 7) is 8.67. The molecule has 0 bridgehead atoms. The number of aromatic nitrogens is 2. The van der Waals surface area contributed by atoms with Gasteiger partial charge in [0.05, 0.1) is 29.0 Å². The molecule has 5 heterocycles. The molecule has 330 valence electrons. The van der Waals surface area contributed by atoms with Crippen LogP contribution in [-0.2, 0) is 31.8 Å². The van der Waals surface area contributed by atoms with E-state index in [-0.39, 0.29) is 36.3 Å². The molecule has 1 unspecified atom stereocenters. The number of amides is 5. The van der Waals surface area contributed by atoms with Crippen LogP contribution in [0.25, 0.3) is 0 Å². The molecule has 15 nitrogen and oxygen atoms in total. The number of imide groups is 2. The summed E-state index contributed by atoms with van der Waals surface area (Å²) in [5, 5.41) is 6.72. The van der Waals surface area contributed by atoms with Crippen LogP contribution in [-0.4, -0.2) is 133 Å². The van der Waals surface area contributed by atoms with E-state index in [1.807, 2.05) is 29.2 Å². The summed E-state index contributed by atoms with van der Waals surface area (Å²) in [6.07, 6.45) is 5.02. The standard InChI is InChI=1S/C46H52ClN8O7P/c1-62-39-27-33(10-8-29(39)25-41-49-28-36(47)37(50-41)24-30-6-4-5-7-40(30)63(2,3)61)52-18-15-32(16-19-52)53-20-22-54(23-21-53)43(57)14-17-48-31-9-11-34-35(26-31)46(60)55(45(34)59)38-12-13-42(56)51-44(38)58/h4-11,26-28,32,38,48H,12-25H2,1-3H3,(H,51,56,58). The fourth-order valence-corrected chi connectivity index (χ4v) is 10.6. The van der Waals surface area contributed by atoms with Gasteiger partial charge in [0.1, 0.15) is 24.8 Å². The van der Waals surface area contributed by atoms with Crippen LogP contribution in [0.15, 0.2) is 66.9 Å². The Labute approximate surface area is 371 Å². The molecule has 4 aliphatic rings. The maximum Gasteiger partial charge on any atom is 0.262 e. The molecule has 0 spiro atoms. The van der Waals surface area contributed by atoms with E-state index in [9.17, 15) is 28.5 Å². The highest BCUT2D eigenvalue weighted by Crippen LogP contribution is 2.37. The van der Waals surface area contributed by atoms with Gasteiger partial charge in [0.15, 0.2) is 0 Å². The molecule has 1 atom stereocenters. The first kappa shape index (κ1) is 44.0. The van der Waals surface area contributed by atoms with Crippen LogP contribution < -0.4 is 25.6 Å². The fourth-order valence-electron chi connectivity index (χ4n) is 9.14. The second kappa shape index (κ2) is 18.6. The maximum atomic E-state index is 13.2. The Morgan fingerprint density at radius 2 is 1.63 bits per heavy atom. The summed E-state index contributed by atoms with van der Waals surface area (Å²) in [7, 11) is -0.809. The monoisotopic (exact) mass is 894 g/mol. The highest BCUT2D eigenvalue weighted by atomic mass is 35.5. The predicted octanol–water partition coefficient (Wildman–Crippen LogP) is 4.58.